The van der Waals surface area contributed by atoms with Crippen LogP contribution in [0.2, 0.25) is 0 Å². The van der Waals surface area contributed by atoms with Crippen molar-refractivity contribution in [2.75, 3.05) is 0 Å². The van der Waals surface area contributed by atoms with Crippen LogP contribution in [-0.2, 0) is 0 Å². The van der Waals surface area contributed by atoms with Crippen molar-refractivity contribution in [3.8, 4) is 11.1 Å². The fourth-order valence-electron chi connectivity index (χ4n) is 2.57. The van der Waals surface area contributed by atoms with Gasteiger partial charge in [0.15, 0.2) is 0 Å². The average Bonchev–Trinajstić information content (AvgIpc) is 2.93. The second-order valence-corrected chi connectivity index (χ2v) is 4.94. The Morgan fingerprint density at radius 3 is 2.55 bits per heavy atom. The number of aromatic carboxylic acids is 2. The van der Waals surface area contributed by atoms with Gasteiger partial charge in [0.2, 0.25) is 0 Å². The van der Waals surface area contributed by atoms with E-state index in [1.807, 2.05) is 12.1 Å². The van der Waals surface area contributed by atoms with Gasteiger partial charge in [0, 0.05) is 5.39 Å². The number of aromatic amines is 1. The molecule has 3 N–H and O–H groups in total. The molecule has 0 aliphatic heterocycles. The summed E-state index contributed by atoms with van der Waals surface area (Å²) in [6.45, 7) is 1.51. The molecule has 0 saturated heterocycles. The van der Waals surface area contributed by atoms with Crippen LogP contribution < -0.4 is 0 Å². The van der Waals surface area contributed by atoms with Crippen molar-refractivity contribution in [2.24, 2.45) is 0 Å². The molecule has 0 aliphatic rings. The standard InChI is InChI=1S/C16H12N2O4/c1-8-11(15(19)20)3-4-12(14(8)16(21)22)9-2-5-13-10(6-9)7-17-18-13/h2-7H,1H3,(H,17,18)(H,19,20)(H,21,22). The van der Waals surface area contributed by atoms with Crippen molar-refractivity contribution in [1.29, 1.82) is 0 Å². The Morgan fingerprint density at radius 2 is 1.86 bits per heavy atom. The highest BCUT2D eigenvalue weighted by molar-refractivity contribution is 6.02. The third-order valence-corrected chi connectivity index (χ3v) is 3.66. The first-order valence-electron chi connectivity index (χ1n) is 6.52. The summed E-state index contributed by atoms with van der Waals surface area (Å²) in [5, 5.41) is 26.2. The van der Waals surface area contributed by atoms with Crippen molar-refractivity contribution >= 4 is 22.8 Å². The highest BCUT2D eigenvalue weighted by atomic mass is 16.4. The minimum atomic E-state index is -1.15. The monoisotopic (exact) mass is 296 g/mol. The van der Waals surface area contributed by atoms with Crippen molar-refractivity contribution in [2.45, 2.75) is 6.92 Å². The topological polar surface area (TPSA) is 103 Å². The van der Waals surface area contributed by atoms with Crippen LogP contribution >= 0.6 is 0 Å². The Bertz CT molecular complexity index is 912. The van der Waals surface area contributed by atoms with Gasteiger partial charge < -0.3 is 10.2 Å². The number of nitrogens with zero attached hydrogens (tertiary/aromatic N) is 1. The number of hydrogen-bond acceptors (Lipinski definition) is 3. The smallest absolute Gasteiger partial charge is 0.336 e. The zero-order chi connectivity index (χ0) is 15.9. The number of carbonyl (C=O) groups is 2. The van der Waals surface area contributed by atoms with Gasteiger partial charge in [0.05, 0.1) is 22.8 Å². The van der Waals surface area contributed by atoms with Crippen LogP contribution in [0, 0.1) is 6.92 Å². The Labute approximate surface area is 125 Å². The van der Waals surface area contributed by atoms with Crippen molar-refractivity contribution in [3.05, 3.63) is 53.2 Å². The largest absolute Gasteiger partial charge is 0.478 e. The summed E-state index contributed by atoms with van der Waals surface area (Å²) in [5.74, 6) is -2.29. The third kappa shape index (κ3) is 2.10. The maximum absolute atomic E-state index is 11.6. The molecule has 2 aromatic carbocycles. The molecule has 22 heavy (non-hydrogen) atoms. The lowest BCUT2D eigenvalue weighted by molar-refractivity contribution is 0.0696. The molecule has 0 radical (unpaired) electrons. The predicted octanol–water partition coefficient (Wildman–Crippen LogP) is 2.93. The van der Waals surface area contributed by atoms with E-state index in [1.54, 1.807) is 12.3 Å². The maximum Gasteiger partial charge on any atom is 0.336 e. The zero-order valence-corrected chi connectivity index (χ0v) is 11.6. The first kappa shape index (κ1) is 13.8. The fourth-order valence-corrected chi connectivity index (χ4v) is 2.57. The van der Waals surface area contributed by atoms with E-state index < -0.39 is 11.9 Å². The third-order valence-electron chi connectivity index (χ3n) is 3.66. The van der Waals surface area contributed by atoms with Crippen molar-refractivity contribution in [1.82, 2.24) is 10.2 Å². The summed E-state index contributed by atoms with van der Waals surface area (Å²) in [6.07, 6.45) is 1.65. The molecule has 110 valence electrons. The first-order valence-corrected chi connectivity index (χ1v) is 6.52. The number of H-pyrrole nitrogens is 1. The quantitative estimate of drug-likeness (QED) is 0.689. The van der Waals surface area contributed by atoms with Crippen LogP contribution in [0.5, 0.6) is 0 Å². The summed E-state index contributed by atoms with van der Waals surface area (Å²) in [5.41, 5.74) is 2.27. The molecule has 0 fully saturated rings. The highest BCUT2D eigenvalue weighted by Gasteiger charge is 2.20. The summed E-state index contributed by atoms with van der Waals surface area (Å²) in [4.78, 5) is 22.8. The number of aromatic nitrogens is 2. The van der Waals surface area contributed by atoms with Gasteiger partial charge in [0.1, 0.15) is 0 Å². The van der Waals surface area contributed by atoms with Gasteiger partial charge in [-0.05, 0) is 41.8 Å². The Morgan fingerprint density at radius 1 is 1.09 bits per heavy atom. The molecule has 3 rings (SSSR count). The lowest BCUT2D eigenvalue weighted by Gasteiger charge is -2.12. The van der Waals surface area contributed by atoms with Crippen LogP contribution in [0.25, 0.3) is 22.0 Å². The molecule has 0 aliphatic carbocycles. The molecule has 0 amide bonds. The molecule has 1 aromatic heterocycles. The molecule has 0 bridgehead atoms. The van der Waals surface area contributed by atoms with E-state index in [-0.39, 0.29) is 16.7 Å². The summed E-state index contributed by atoms with van der Waals surface area (Å²) in [6, 6.07) is 8.37. The van der Waals surface area contributed by atoms with Crippen LogP contribution in [0.15, 0.2) is 36.5 Å². The molecule has 3 aromatic rings. The van der Waals surface area contributed by atoms with Gasteiger partial charge in [-0.2, -0.15) is 5.10 Å². The lowest BCUT2D eigenvalue weighted by atomic mass is 9.92. The van der Waals surface area contributed by atoms with Crippen molar-refractivity contribution < 1.29 is 19.8 Å². The van der Waals surface area contributed by atoms with Gasteiger partial charge in [-0.15, -0.1) is 0 Å². The number of fused-ring (bicyclic) bond motifs is 1. The second kappa shape index (κ2) is 5.00. The van der Waals surface area contributed by atoms with E-state index >= 15 is 0 Å². The number of carboxylic acids is 2. The van der Waals surface area contributed by atoms with Gasteiger partial charge >= 0.3 is 11.9 Å². The van der Waals surface area contributed by atoms with E-state index in [4.69, 9.17) is 5.11 Å². The number of nitrogens with one attached hydrogen (secondary N) is 1. The SMILES string of the molecule is Cc1c(C(=O)O)ccc(-c2ccc3[nH]ncc3c2)c1C(=O)O. The Kier molecular flexibility index (Phi) is 3.14. The molecule has 6 heteroatoms. The van der Waals surface area contributed by atoms with E-state index in [0.717, 1.165) is 10.9 Å². The number of carboxylic acid groups (broad SMARTS) is 2. The van der Waals surface area contributed by atoms with E-state index in [2.05, 4.69) is 10.2 Å². The normalized spacial score (nSPS) is 10.8. The van der Waals surface area contributed by atoms with Crippen LogP contribution in [0.4, 0.5) is 0 Å². The van der Waals surface area contributed by atoms with Crippen molar-refractivity contribution in [3.63, 3.8) is 0 Å². The van der Waals surface area contributed by atoms with E-state index in [0.29, 0.717) is 11.1 Å². The minimum Gasteiger partial charge on any atom is -0.478 e. The zero-order valence-electron chi connectivity index (χ0n) is 11.6. The van der Waals surface area contributed by atoms with E-state index in [9.17, 15) is 14.7 Å². The predicted molar refractivity (Wildman–Crippen MR) is 80.2 cm³/mol. The molecule has 0 unspecified atom stereocenters. The molecule has 0 atom stereocenters. The number of hydrogen-bond donors (Lipinski definition) is 3. The van der Waals surface area contributed by atoms with E-state index in [1.165, 1.54) is 19.1 Å². The maximum atomic E-state index is 11.6. The molecule has 0 spiro atoms. The van der Waals surface area contributed by atoms with Gasteiger partial charge in [0.25, 0.3) is 0 Å². The average molecular weight is 296 g/mol. The summed E-state index contributed by atoms with van der Waals surface area (Å²) in [7, 11) is 0. The molecule has 1 heterocycles. The highest BCUT2D eigenvalue weighted by Crippen LogP contribution is 2.30. The summed E-state index contributed by atoms with van der Waals surface area (Å²) < 4.78 is 0. The van der Waals surface area contributed by atoms with Crippen LogP contribution in [0.3, 0.4) is 0 Å². The molecular formula is C16H12N2O4. The van der Waals surface area contributed by atoms with Crippen LogP contribution in [-0.4, -0.2) is 32.3 Å². The van der Waals surface area contributed by atoms with Gasteiger partial charge in [-0.3, -0.25) is 5.10 Å². The molecule has 6 nitrogen and oxygen atoms in total. The second-order valence-electron chi connectivity index (χ2n) is 4.94. The molecule has 0 saturated carbocycles. The Balaban J connectivity index is 2.27. The van der Waals surface area contributed by atoms with Gasteiger partial charge in [-0.1, -0.05) is 12.1 Å². The first-order chi connectivity index (χ1) is 10.5. The van der Waals surface area contributed by atoms with Crippen LogP contribution in [0.1, 0.15) is 26.3 Å². The number of rotatable bonds is 3. The molecular weight excluding hydrogens is 284 g/mol. The Hall–Kier alpha value is -3.15. The lowest BCUT2D eigenvalue weighted by Crippen LogP contribution is -2.09. The minimum absolute atomic E-state index is 0.00254. The summed E-state index contributed by atoms with van der Waals surface area (Å²) >= 11 is 0. The van der Waals surface area contributed by atoms with Gasteiger partial charge in [-0.25, -0.2) is 9.59 Å². The number of benzene rings is 2. The fraction of sp³-hybridized carbons (Fsp3) is 0.0625.